The summed E-state index contributed by atoms with van der Waals surface area (Å²) in [6, 6.07) is 1.40. The second kappa shape index (κ2) is 7.07. The summed E-state index contributed by atoms with van der Waals surface area (Å²) in [7, 11) is 1.73. The molecule has 0 amide bonds. The Morgan fingerprint density at radius 1 is 1.38 bits per heavy atom. The monoisotopic (exact) mass is 297 g/mol. The average Bonchev–Trinajstić information content (AvgIpc) is 2.90. The molecule has 0 aromatic carbocycles. The van der Waals surface area contributed by atoms with Crippen molar-refractivity contribution in [1.29, 1.82) is 0 Å². The molecule has 2 heterocycles. The Kier molecular flexibility index (Phi) is 5.63. The number of fused-ring (bicyclic) bond motifs is 1. The predicted octanol–water partition coefficient (Wildman–Crippen LogP) is 1.39. The average molecular weight is 297 g/mol. The Hall–Kier alpha value is -0.650. The molecule has 0 bridgehead atoms. The summed E-state index contributed by atoms with van der Waals surface area (Å²) in [4.78, 5) is 16.5. The molecule has 2 fully saturated rings. The highest BCUT2D eigenvalue weighted by molar-refractivity contribution is 5.78. The SMILES string of the molecule is CNC(C)(CCCCN1CC2CCCN2CC1C)C(=O)O. The molecule has 0 saturated carbocycles. The fourth-order valence-electron chi connectivity index (χ4n) is 3.69. The first kappa shape index (κ1) is 16.7. The van der Waals surface area contributed by atoms with Gasteiger partial charge in [0.25, 0.3) is 0 Å². The normalized spacial score (nSPS) is 30.0. The van der Waals surface area contributed by atoms with Crippen molar-refractivity contribution in [2.75, 3.05) is 33.2 Å². The predicted molar refractivity (Wildman–Crippen MR) is 84.6 cm³/mol. The van der Waals surface area contributed by atoms with E-state index in [1.54, 1.807) is 14.0 Å². The number of unbranched alkanes of at least 4 members (excludes halogenated alkanes) is 1. The van der Waals surface area contributed by atoms with Crippen molar-refractivity contribution in [2.24, 2.45) is 0 Å². The minimum atomic E-state index is -0.782. The number of carboxylic acids is 1. The van der Waals surface area contributed by atoms with Gasteiger partial charge in [-0.3, -0.25) is 14.6 Å². The van der Waals surface area contributed by atoms with Crippen LogP contribution in [0.3, 0.4) is 0 Å². The fraction of sp³-hybridized carbons (Fsp3) is 0.938. The van der Waals surface area contributed by atoms with E-state index in [-0.39, 0.29) is 0 Å². The molecular weight excluding hydrogens is 266 g/mol. The molecular formula is C16H31N3O2. The molecule has 3 unspecified atom stereocenters. The van der Waals surface area contributed by atoms with Crippen LogP contribution >= 0.6 is 0 Å². The third-order valence-corrected chi connectivity index (χ3v) is 5.46. The lowest BCUT2D eigenvalue weighted by molar-refractivity contribution is -0.144. The highest BCUT2D eigenvalue weighted by atomic mass is 16.4. The molecule has 21 heavy (non-hydrogen) atoms. The quantitative estimate of drug-likeness (QED) is 0.696. The van der Waals surface area contributed by atoms with E-state index in [9.17, 15) is 9.90 Å². The van der Waals surface area contributed by atoms with E-state index >= 15 is 0 Å². The zero-order chi connectivity index (χ0) is 15.5. The zero-order valence-corrected chi connectivity index (χ0v) is 13.8. The van der Waals surface area contributed by atoms with Crippen LogP contribution in [0.2, 0.25) is 0 Å². The van der Waals surface area contributed by atoms with Crippen LogP contribution in [0, 0.1) is 0 Å². The summed E-state index contributed by atoms with van der Waals surface area (Å²) in [6.07, 6.45) is 5.43. The summed E-state index contributed by atoms with van der Waals surface area (Å²) in [6.45, 7) is 8.88. The van der Waals surface area contributed by atoms with Crippen molar-refractivity contribution < 1.29 is 9.90 Å². The lowest BCUT2D eigenvalue weighted by Crippen LogP contribution is -2.55. The van der Waals surface area contributed by atoms with Crippen molar-refractivity contribution in [3.8, 4) is 0 Å². The molecule has 2 aliphatic heterocycles. The van der Waals surface area contributed by atoms with Crippen molar-refractivity contribution in [1.82, 2.24) is 15.1 Å². The van der Waals surface area contributed by atoms with Gasteiger partial charge in [-0.25, -0.2) is 0 Å². The maximum Gasteiger partial charge on any atom is 0.323 e. The first-order valence-electron chi connectivity index (χ1n) is 8.36. The standard InChI is InChI=1S/C16H31N3O2/c1-13-11-19-10-6-7-14(19)12-18(13)9-5-4-8-16(2,17-3)15(20)21/h13-14,17H,4-12H2,1-3H3,(H,20,21). The molecule has 0 aromatic heterocycles. The van der Waals surface area contributed by atoms with Crippen LogP contribution in [0.25, 0.3) is 0 Å². The summed E-state index contributed by atoms with van der Waals surface area (Å²) in [5.41, 5.74) is -0.782. The van der Waals surface area contributed by atoms with E-state index in [1.165, 1.54) is 32.5 Å². The molecule has 5 nitrogen and oxygen atoms in total. The van der Waals surface area contributed by atoms with E-state index < -0.39 is 11.5 Å². The van der Waals surface area contributed by atoms with Gasteiger partial charge in [-0.15, -0.1) is 0 Å². The van der Waals surface area contributed by atoms with Gasteiger partial charge in [-0.05, 0) is 66.1 Å². The van der Waals surface area contributed by atoms with Crippen LogP contribution in [0.4, 0.5) is 0 Å². The molecule has 122 valence electrons. The molecule has 0 aromatic rings. The smallest absolute Gasteiger partial charge is 0.323 e. The molecule has 2 N–H and O–H groups in total. The summed E-state index contributed by atoms with van der Waals surface area (Å²) < 4.78 is 0. The number of likely N-dealkylation sites (N-methyl/N-ethyl adjacent to an activating group) is 1. The second-order valence-electron chi connectivity index (χ2n) is 6.98. The molecule has 3 atom stereocenters. The van der Waals surface area contributed by atoms with Crippen LogP contribution in [0.5, 0.6) is 0 Å². The minimum absolute atomic E-state index is 0.634. The Bertz CT molecular complexity index is 363. The summed E-state index contributed by atoms with van der Waals surface area (Å²) >= 11 is 0. The van der Waals surface area contributed by atoms with Crippen molar-refractivity contribution in [3.05, 3.63) is 0 Å². The molecule has 2 saturated heterocycles. The molecule has 0 spiro atoms. The Labute approximate surface area is 128 Å². The van der Waals surface area contributed by atoms with Gasteiger partial charge in [-0.2, -0.15) is 0 Å². The summed E-state index contributed by atoms with van der Waals surface area (Å²) in [5, 5.41) is 12.2. The van der Waals surface area contributed by atoms with Gasteiger partial charge in [0.2, 0.25) is 0 Å². The number of nitrogens with one attached hydrogen (secondary N) is 1. The maximum absolute atomic E-state index is 11.2. The van der Waals surface area contributed by atoms with E-state index in [2.05, 4.69) is 22.0 Å². The first-order chi connectivity index (χ1) is 9.96. The number of piperazine rings is 1. The Balaban J connectivity index is 1.72. The van der Waals surface area contributed by atoms with E-state index in [1.807, 2.05) is 0 Å². The van der Waals surface area contributed by atoms with Crippen molar-refractivity contribution in [2.45, 2.75) is 63.6 Å². The number of hydrogen-bond donors (Lipinski definition) is 2. The molecule has 2 rings (SSSR count). The van der Waals surface area contributed by atoms with E-state index in [0.29, 0.717) is 12.5 Å². The third-order valence-electron chi connectivity index (χ3n) is 5.46. The number of hydrogen-bond acceptors (Lipinski definition) is 4. The Morgan fingerprint density at radius 3 is 2.81 bits per heavy atom. The molecule has 0 radical (unpaired) electrons. The largest absolute Gasteiger partial charge is 0.480 e. The molecule has 0 aliphatic carbocycles. The van der Waals surface area contributed by atoms with E-state index in [4.69, 9.17) is 0 Å². The first-order valence-corrected chi connectivity index (χ1v) is 8.36. The second-order valence-corrected chi connectivity index (χ2v) is 6.98. The summed E-state index contributed by atoms with van der Waals surface area (Å²) in [5.74, 6) is -0.752. The maximum atomic E-state index is 11.2. The lowest BCUT2D eigenvalue weighted by Gasteiger charge is -2.42. The number of carbonyl (C=O) groups is 1. The van der Waals surface area contributed by atoms with Crippen LogP contribution in [-0.2, 0) is 4.79 Å². The van der Waals surface area contributed by atoms with Crippen LogP contribution in [0.15, 0.2) is 0 Å². The number of rotatable bonds is 7. The van der Waals surface area contributed by atoms with Gasteiger partial charge < -0.3 is 10.4 Å². The van der Waals surface area contributed by atoms with Gasteiger partial charge in [0.05, 0.1) is 0 Å². The van der Waals surface area contributed by atoms with E-state index in [0.717, 1.165) is 25.4 Å². The lowest BCUT2D eigenvalue weighted by atomic mass is 9.95. The third kappa shape index (κ3) is 3.96. The minimum Gasteiger partial charge on any atom is -0.480 e. The highest BCUT2D eigenvalue weighted by Crippen LogP contribution is 2.25. The molecule has 2 aliphatic rings. The van der Waals surface area contributed by atoms with Crippen LogP contribution in [0.1, 0.15) is 46.0 Å². The number of nitrogens with zero attached hydrogens (tertiary/aromatic N) is 2. The fourth-order valence-corrected chi connectivity index (χ4v) is 3.69. The zero-order valence-electron chi connectivity index (χ0n) is 13.8. The highest BCUT2D eigenvalue weighted by Gasteiger charge is 2.34. The topological polar surface area (TPSA) is 55.8 Å². The Morgan fingerprint density at radius 2 is 2.14 bits per heavy atom. The van der Waals surface area contributed by atoms with Gasteiger partial charge in [0.15, 0.2) is 0 Å². The number of carboxylic acid groups (broad SMARTS) is 1. The van der Waals surface area contributed by atoms with Gasteiger partial charge >= 0.3 is 5.97 Å². The van der Waals surface area contributed by atoms with Gasteiger partial charge in [0.1, 0.15) is 5.54 Å². The number of aliphatic carboxylic acids is 1. The van der Waals surface area contributed by atoms with Gasteiger partial charge in [0, 0.05) is 25.2 Å². The van der Waals surface area contributed by atoms with Crippen molar-refractivity contribution >= 4 is 5.97 Å². The van der Waals surface area contributed by atoms with Crippen molar-refractivity contribution in [3.63, 3.8) is 0 Å². The van der Waals surface area contributed by atoms with Crippen LogP contribution in [-0.4, -0.2) is 71.7 Å². The van der Waals surface area contributed by atoms with Gasteiger partial charge in [-0.1, -0.05) is 0 Å². The molecule has 5 heteroatoms. The van der Waals surface area contributed by atoms with Crippen LogP contribution < -0.4 is 5.32 Å².